The lowest BCUT2D eigenvalue weighted by Gasteiger charge is -1.95. The van der Waals surface area contributed by atoms with E-state index in [0.717, 1.165) is 5.56 Å². The Balaban J connectivity index is 2.11. The van der Waals surface area contributed by atoms with Crippen LogP contribution in [0.2, 0.25) is 5.02 Å². The van der Waals surface area contributed by atoms with Gasteiger partial charge in [0.15, 0.2) is 5.78 Å². The molecule has 1 heterocycles. The lowest BCUT2D eigenvalue weighted by Crippen LogP contribution is -1.93. The minimum atomic E-state index is -0.0620. The maximum absolute atomic E-state index is 11.7. The Morgan fingerprint density at radius 3 is 2.59 bits per heavy atom. The molecule has 2 rings (SSSR count). The molecule has 0 spiro atoms. The van der Waals surface area contributed by atoms with Crippen molar-refractivity contribution in [2.45, 2.75) is 0 Å². The number of allylic oxidation sites excluding steroid dienone is 1. The van der Waals surface area contributed by atoms with E-state index in [0.29, 0.717) is 10.6 Å². The molecule has 0 N–H and O–H groups in total. The van der Waals surface area contributed by atoms with E-state index < -0.39 is 0 Å². The molecule has 2 aromatic rings. The van der Waals surface area contributed by atoms with Gasteiger partial charge in [0.25, 0.3) is 0 Å². The first-order valence-electron chi connectivity index (χ1n) is 5.14. The van der Waals surface area contributed by atoms with Crippen molar-refractivity contribution >= 4 is 23.5 Å². The highest BCUT2D eigenvalue weighted by molar-refractivity contribution is 6.30. The van der Waals surface area contributed by atoms with Gasteiger partial charge in [0, 0.05) is 23.0 Å². The molecule has 0 aliphatic heterocycles. The SMILES string of the molecule is O=C(C=Cc1ccc(Cl)cc1)c1cccnc1. The molecule has 0 saturated heterocycles. The van der Waals surface area contributed by atoms with Gasteiger partial charge in [-0.25, -0.2) is 0 Å². The van der Waals surface area contributed by atoms with Gasteiger partial charge in [-0.3, -0.25) is 9.78 Å². The number of hydrogen-bond acceptors (Lipinski definition) is 2. The monoisotopic (exact) mass is 243 g/mol. The molecule has 0 aliphatic rings. The van der Waals surface area contributed by atoms with Crippen molar-refractivity contribution in [3.8, 4) is 0 Å². The molecular weight excluding hydrogens is 234 g/mol. The lowest BCUT2D eigenvalue weighted by atomic mass is 10.1. The van der Waals surface area contributed by atoms with Crippen molar-refractivity contribution < 1.29 is 4.79 Å². The zero-order valence-corrected chi connectivity index (χ0v) is 9.76. The van der Waals surface area contributed by atoms with Crippen molar-refractivity contribution in [2.75, 3.05) is 0 Å². The molecule has 0 aliphatic carbocycles. The second-order valence-corrected chi connectivity index (χ2v) is 3.93. The summed E-state index contributed by atoms with van der Waals surface area (Å²) in [5.41, 5.74) is 1.52. The number of halogens is 1. The molecule has 1 aromatic heterocycles. The summed E-state index contributed by atoms with van der Waals surface area (Å²) in [5.74, 6) is -0.0620. The highest BCUT2D eigenvalue weighted by atomic mass is 35.5. The molecule has 84 valence electrons. The predicted octanol–water partition coefficient (Wildman–Crippen LogP) is 3.63. The van der Waals surface area contributed by atoms with Crippen LogP contribution in [-0.2, 0) is 0 Å². The van der Waals surface area contributed by atoms with E-state index in [1.807, 2.05) is 12.1 Å². The molecule has 0 atom stereocenters. The molecule has 0 radical (unpaired) electrons. The summed E-state index contributed by atoms with van der Waals surface area (Å²) >= 11 is 5.77. The van der Waals surface area contributed by atoms with E-state index in [1.54, 1.807) is 42.7 Å². The topological polar surface area (TPSA) is 30.0 Å². The van der Waals surface area contributed by atoms with Crippen LogP contribution < -0.4 is 0 Å². The second kappa shape index (κ2) is 5.41. The van der Waals surface area contributed by atoms with Crippen molar-refractivity contribution in [3.05, 3.63) is 71.0 Å². The van der Waals surface area contributed by atoms with Crippen LogP contribution >= 0.6 is 11.6 Å². The third-order valence-electron chi connectivity index (χ3n) is 2.24. The minimum absolute atomic E-state index is 0.0620. The van der Waals surface area contributed by atoms with Crippen molar-refractivity contribution in [3.63, 3.8) is 0 Å². The van der Waals surface area contributed by atoms with Gasteiger partial charge >= 0.3 is 0 Å². The molecule has 0 bridgehead atoms. The van der Waals surface area contributed by atoms with Gasteiger partial charge in [-0.05, 0) is 35.9 Å². The average molecular weight is 244 g/mol. The maximum atomic E-state index is 11.7. The van der Waals surface area contributed by atoms with Gasteiger partial charge in [-0.1, -0.05) is 29.8 Å². The zero-order chi connectivity index (χ0) is 12.1. The van der Waals surface area contributed by atoms with Crippen molar-refractivity contribution in [2.24, 2.45) is 0 Å². The molecule has 3 heteroatoms. The van der Waals surface area contributed by atoms with Gasteiger partial charge in [-0.15, -0.1) is 0 Å². The number of nitrogens with zero attached hydrogens (tertiary/aromatic N) is 1. The second-order valence-electron chi connectivity index (χ2n) is 3.49. The normalized spacial score (nSPS) is 10.6. The highest BCUT2D eigenvalue weighted by Gasteiger charge is 1.99. The smallest absolute Gasteiger partial charge is 0.187 e. The quantitative estimate of drug-likeness (QED) is 0.609. The molecule has 0 fully saturated rings. The van der Waals surface area contributed by atoms with Gasteiger partial charge < -0.3 is 0 Å². The summed E-state index contributed by atoms with van der Waals surface area (Å²) in [6.45, 7) is 0. The molecule has 0 unspecified atom stereocenters. The van der Waals surface area contributed by atoms with E-state index in [2.05, 4.69) is 4.98 Å². The summed E-state index contributed by atoms with van der Waals surface area (Å²) in [7, 11) is 0. The van der Waals surface area contributed by atoms with Gasteiger partial charge in [0.2, 0.25) is 0 Å². The summed E-state index contributed by atoms with van der Waals surface area (Å²) in [5, 5.41) is 0.681. The first-order valence-corrected chi connectivity index (χ1v) is 5.51. The van der Waals surface area contributed by atoms with Crippen molar-refractivity contribution in [1.29, 1.82) is 0 Å². The minimum Gasteiger partial charge on any atom is -0.289 e. The third-order valence-corrected chi connectivity index (χ3v) is 2.50. The van der Waals surface area contributed by atoms with Gasteiger partial charge in [0.1, 0.15) is 0 Å². The largest absolute Gasteiger partial charge is 0.289 e. The van der Waals surface area contributed by atoms with E-state index in [4.69, 9.17) is 11.6 Å². The van der Waals surface area contributed by atoms with Crippen LogP contribution in [0.5, 0.6) is 0 Å². The van der Waals surface area contributed by atoms with Crippen LogP contribution in [0, 0.1) is 0 Å². The average Bonchev–Trinajstić information content (AvgIpc) is 2.39. The standard InChI is InChI=1S/C14H10ClNO/c15-13-6-3-11(4-7-13)5-8-14(17)12-2-1-9-16-10-12/h1-10H. The number of benzene rings is 1. The Morgan fingerprint density at radius 2 is 1.94 bits per heavy atom. The molecular formula is C14H10ClNO. The van der Waals surface area contributed by atoms with Crippen molar-refractivity contribution in [1.82, 2.24) is 4.98 Å². The molecule has 2 nitrogen and oxygen atoms in total. The number of carbonyl (C=O) groups excluding carboxylic acids is 1. The number of hydrogen-bond donors (Lipinski definition) is 0. The molecule has 17 heavy (non-hydrogen) atoms. The fraction of sp³-hybridized carbons (Fsp3) is 0. The first-order chi connectivity index (χ1) is 8.25. The predicted molar refractivity (Wildman–Crippen MR) is 69.1 cm³/mol. The number of carbonyl (C=O) groups is 1. The molecule has 0 saturated carbocycles. The Kier molecular flexibility index (Phi) is 3.68. The fourth-order valence-corrected chi connectivity index (χ4v) is 1.48. The number of ketones is 1. The summed E-state index contributed by atoms with van der Waals surface area (Å²) < 4.78 is 0. The Morgan fingerprint density at radius 1 is 1.18 bits per heavy atom. The maximum Gasteiger partial charge on any atom is 0.187 e. The number of pyridine rings is 1. The van der Waals surface area contributed by atoms with E-state index in [9.17, 15) is 4.79 Å². The van der Waals surface area contributed by atoms with E-state index >= 15 is 0 Å². The zero-order valence-electron chi connectivity index (χ0n) is 9.01. The third kappa shape index (κ3) is 3.26. The summed E-state index contributed by atoms with van der Waals surface area (Å²) in [6, 6.07) is 10.8. The number of aromatic nitrogens is 1. The molecule has 0 amide bonds. The van der Waals surface area contributed by atoms with E-state index in [1.165, 1.54) is 6.08 Å². The Bertz CT molecular complexity index is 532. The van der Waals surface area contributed by atoms with Crippen LogP contribution in [0.3, 0.4) is 0 Å². The highest BCUT2D eigenvalue weighted by Crippen LogP contribution is 2.11. The van der Waals surface area contributed by atoms with Crippen LogP contribution in [0.25, 0.3) is 6.08 Å². The van der Waals surface area contributed by atoms with E-state index in [-0.39, 0.29) is 5.78 Å². The Labute approximate surface area is 105 Å². The molecule has 1 aromatic carbocycles. The van der Waals surface area contributed by atoms with Gasteiger partial charge in [0.05, 0.1) is 0 Å². The van der Waals surface area contributed by atoms with Crippen LogP contribution in [0.4, 0.5) is 0 Å². The number of rotatable bonds is 3. The Hall–Kier alpha value is -1.93. The fourth-order valence-electron chi connectivity index (χ4n) is 1.35. The van der Waals surface area contributed by atoms with Crippen LogP contribution in [0.1, 0.15) is 15.9 Å². The summed E-state index contributed by atoms with van der Waals surface area (Å²) in [4.78, 5) is 15.6. The van der Waals surface area contributed by atoms with Gasteiger partial charge in [-0.2, -0.15) is 0 Å². The summed E-state index contributed by atoms with van der Waals surface area (Å²) in [6.07, 6.45) is 6.47. The first kappa shape index (κ1) is 11.6. The van der Waals surface area contributed by atoms with Crippen LogP contribution in [0.15, 0.2) is 54.9 Å². The van der Waals surface area contributed by atoms with Crippen LogP contribution in [-0.4, -0.2) is 10.8 Å². The lowest BCUT2D eigenvalue weighted by molar-refractivity contribution is 0.104.